The molecule has 3 rings (SSSR count). The molecule has 0 bridgehead atoms. The number of amides is 2. The second-order valence-electron chi connectivity index (χ2n) is 4.93. The molecule has 8 heteroatoms. The quantitative estimate of drug-likeness (QED) is 0.649. The number of H-pyrrole nitrogens is 1. The summed E-state index contributed by atoms with van der Waals surface area (Å²) in [6.07, 6.45) is 0.431. The van der Waals surface area contributed by atoms with E-state index in [-0.39, 0.29) is 34.6 Å². The summed E-state index contributed by atoms with van der Waals surface area (Å²) in [6, 6.07) is 1.13. The van der Waals surface area contributed by atoms with Crippen molar-refractivity contribution in [2.75, 3.05) is 7.05 Å². The number of imidazole rings is 1. The number of aromatic amines is 1. The minimum atomic E-state index is -0.775. The van der Waals surface area contributed by atoms with Crippen LogP contribution in [0.3, 0.4) is 0 Å². The van der Waals surface area contributed by atoms with Gasteiger partial charge in [-0.3, -0.25) is 14.5 Å². The van der Waals surface area contributed by atoms with Crippen molar-refractivity contribution < 1.29 is 18.4 Å². The molecule has 1 N–H and O–H groups in total. The van der Waals surface area contributed by atoms with Crippen molar-refractivity contribution >= 4 is 35.1 Å². The van der Waals surface area contributed by atoms with Gasteiger partial charge in [-0.2, -0.15) is 0 Å². The lowest BCUT2D eigenvalue weighted by atomic mass is 10.0. The Morgan fingerprint density at radius 1 is 1.33 bits per heavy atom. The molecule has 1 unspecified atom stereocenters. The maximum atomic E-state index is 13.8. The topological polar surface area (TPSA) is 58.1 Å². The Kier molecular flexibility index (Phi) is 3.12. The zero-order chi connectivity index (χ0) is 15.3. The summed E-state index contributed by atoms with van der Waals surface area (Å²) in [4.78, 5) is 27.4. The van der Waals surface area contributed by atoms with Gasteiger partial charge in [0.1, 0.15) is 17.4 Å². The summed E-state index contributed by atoms with van der Waals surface area (Å²) < 4.78 is 28.7. The molecule has 0 saturated carbocycles. The minimum Gasteiger partial charge on any atom is -0.328 e. The van der Waals surface area contributed by atoms with Crippen molar-refractivity contribution in [3.8, 4) is 0 Å². The average molecular weight is 311 g/mol. The number of likely N-dealkylation sites (N-methyl/N-ethyl adjacent to an activating group) is 1. The fourth-order valence-corrected chi connectivity index (χ4v) is 2.92. The number of benzene rings is 1. The van der Waals surface area contributed by atoms with E-state index in [1.165, 1.54) is 11.6 Å². The van der Waals surface area contributed by atoms with Gasteiger partial charge in [0.15, 0.2) is 10.6 Å². The van der Waals surface area contributed by atoms with Gasteiger partial charge in [0.05, 0.1) is 5.52 Å². The van der Waals surface area contributed by atoms with Crippen molar-refractivity contribution in [1.82, 2.24) is 14.5 Å². The summed E-state index contributed by atoms with van der Waals surface area (Å²) in [5.41, 5.74) is 0.229. The number of imide groups is 1. The summed E-state index contributed by atoms with van der Waals surface area (Å²) in [7, 11) is 1.39. The average Bonchev–Trinajstić information content (AvgIpc) is 2.74. The third-order valence-electron chi connectivity index (χ3n) is 3.68. The van der Waals surface area contributed by atoms with Gasteiger partial charge < -0.3 is 9.55 Å². The summed E-state index contributed by atoms with van der Waals surface area (Å²) >= 11 is 5.12. The summed E-state index contributed by atoms with van der Waals surface area (Å²) in [5, 5.41) is 0. The number of halogens is 2. The number of piperidine rings is 1. The number of carbonyl (C=O) groups excluding carboxylic acids is 2. The first-order valence-electron chi connectivity index (χ1n) is 6.30. The van der Waals surface area contributed by atoms with Gasteiger partial charge >= 0.3 is 0 Å². The SMILES string of the molecule is CN1C(=O)CCC(n2c(=S)[nH]c3c(F)cc(F)cc32)C1=O. The molecule has 1 fully saturated rings. The summed E-state index contributed by atoms with van der Waals surface area (Å²) in [6.45, 7) is 0. The third-order valence-corrected chi connectivity index (χ3v) is 3.98. The van der Waals surface area contributed by atoms with Gasteiger partial charge in [-0.25, -0.2) is 8.78 Å². The van der Waals surface area contributed by atoms with E-state index < -0.39 is 23.6 Å². The molecule has 1 aliphatic heterocycles. The third kappa shape index (κ3) is 2.06. The van der Waals surface area contributed by atoms with Gasteiger partial charge in [0.25, 0.3) is 5.91 Å². The Bertz CT molecular complexity index is 827. The zero-order valence-electron chi connectivity index (χ0n) is 11.0. The number of fused-ring (bicyclic) bond motifs is 1. The van der Waals surface area contributed by atoms with Crippen LogP contribution in [0.15, 0.2) is 12.1 Å². The number of hydrogen-bond donors (Lipinski definition) is 1. The smallest absolute Gasteiger partial charge is 0.252 e. The first-order valence-corrected chi connectivity index (χ1v) is 6.70. The number of hydrogen-bond acceptors (Lipinski definition) is 3. The highest BCUT2D eigenvalue weighted by atomic mass is 32.1. The van der Waals surface area contributed by atoms with Crippen molar-refractivity contribution in [2.45, 2.75) is 18.9 Å². The molecule has 2 aromatic rings. The monoisotopic (exact) mass is 311 g/mol. The van der Waals surface area contributed by atoms with Gasteiger partial charge in [-0.1, -0.05) is 0 Å². The largest absolute Gasteiger partial charge is 0.328 e. The van der Waals surface area contributed by atoms with Gasteiger partial charge in [-0.15, -0.1) is 0 Å². The predicted octanol–water partition coefficient (Wildman–Crippen LogP) is 2.30. The Morgan fingerprint density at radius 3 is 2.76 bits per heavy atom. The molecule has 1 atom stereocenters. The van der Waals surface area contributed by atoms with E-state index in [2.05, 4.69) is 4.98 Å². The van der Waals surface area contributed by atoms with Crippen LogP contribution in [0.1, 0.15) is 18.9 Å². The van der Waals surface area contributed by atoms with E-state index in [1.807, 2.05) is 0 Å². The maximum absolute atomic E-state index is 13.8. The molecular weight excluding hydrogens is 300 g/mol. The highest BCUT2D eigenvalue weighted by Gasteiger charge is 2.34. The van der Waals surface area contributed by atoms with Crippen LogP contribution in [0.5, 0.6) is 0 Å². The van der Waals surface area contributed by atoms with E-state index in [0.717, 1.165) is 17.0 Å². The van der Waals surface area contributed by atoms with Crippen LogP contribution in [-0.4, -0.2) is 33.3 Å². The molecule has 2 amide bonds. The molecule has 5 nitrogen and oxygen atoms in total. The first-order chi connectivity index (χ1) is 9.90. The van der Waals surface area contributed by atoms with E-state index in [9.17, 15) is 18.4 Å². The van der Waals surface area contributed by atoms with Crippen LogP contribution < -0.4 is 0 Å². The number of likely N-dealkylation sites (tertiary alicyclic amines) is 1. The molecular formula is C13H11F2N3O2S. The van der Waals surface area contributed by atoms with Crippen LogP contribution in [0.2, 0.25) is 0 Å². The molecule has 1 aliphatic rings. The van der Waals surface area contributed by atoms with Gasteiger partial charge in [0, 0.05) is 19.5 Å². The summed E-state index contributed by atoms with van der Waals surface area (Å²) in [5.74, 6) is -2.24. The molecule has 0 aliphatic carbocycles. The van der Waals surface area contributed by atoms with Gasteiger partial charge in [-0.05, 0) is 24.7 Å². The van der Waals surface area contributed by atoms with Crippen LogP contribution in [0.4, 0.5) is 8.78 Å². The molecule has 1 aromatic carbocycles. The molecule has 21 heavy (non-hydrogen) atoms. The highest BCUT2D eigenvalue weighted by Crippen LogP contribution is 2.29. The normalized spacial score (nSPS) is 19.6. The second-order valence-corrected chi connectivity index (χ2v) is 5.31. The van der Waals surface area contributed by atoms with Crippen LogP contribution in [-0.2, 0) is 9.59 Å². The lowest BCUT2D eigenvalue weighted by molar-refractivity contribution is -0.149. The molecule has 2 heterocycles. The number of rotatable bonds is 1. The maximum Gasteiger partial charge on any atom is 0.252 e. The van der Waals surface area contributed by atoms with Crippen molar-refractivity contribution in [3.05, 3.63) is 28.5 Å². The van der Waals surface area contributed by atoms with Crippen LogP contribution in [0.25, 0.3) is 11.0 Å². The Labute approximate surface area is 123 Å². The molecule has 0 radical (unpaired) electrons. The molecule has 110 valence electrons. The Balaban J connectivity index is 2.21. The van der Waals surface area contributed by atoms with E-state index in [1.54, 1.807) is 0 Å². The first kappa shape index (κ1) is 13.9. The number of nitrogens with zero attached hydrogens (tertiary/aromatic N) is 2. The Hall–Kier alpha value is -2.09. The fraction of sp³-hybridized carbons (Fsp3) is 0.308. The second kappa shape index (κ2) is 4.73. The van der Waals surface area contributed by atoms with Gasteiger partial charge in [0.2, 0.25) is 5.91 Å². The van der Waals surface area contributed by atoms with E-state index >= 15 is 0 Å². The zero-order valence-corrected chi connectivity index (χ0v) is 11.8. The van der Waals surface area contributed by atoms with E-state index in [0.29, 0.717) is 0 Å². The standard InChI is InChI=1S/C13H11F2N3O2S/c1-17-10(19)3-2-8(12(17)20)18-9-5-6(14)4-7(15)11(9)16-13(18)21/h4-5,8H,2-3H2,1H3,(H,16,21). The number of nitrogens with one attached hydrogen (secondary N) is 1. The van der Waals surface area contributed by atoms with Crippen molar-refractivity contribution in [3.63, 3.8) is 0 Å². The lowest BCUT2D eigenvalue weighted by Crippen LogP contribution is -2.43. The predicted molar refractivity (Wildman–Crippen MR) is 73.1 cm³/mol. The molecule has 0 spiro atoms. The fourth-order valence-electron chi connectivity index (χ4n) is 2.60. The van der Waals surface area contributed by atoms with E-state index in [4.69, 9.17) is 12.2 Å². The number of aromatic nitrogens is 2. The molecule has 1 aromatic heterocycles. The Morgan fingerprint density at radius 2 is 2.05 bits per heavy atom. The minimum absolute atomic E-state index is 0.0498. The van der Waals surface area contributed by atoms with Crippen LogP contribution >= 0.6 is 12.2 Å². The highest BCUT2D eigenvalue weighted by molar-refractivity contribution is 7.71. The van der Waals surface area contributed by atoms with Crippen molar-refractivity contribution in [1.29, 1.82) is 0 Å². The molecule has 1 saturated heterocycles. The van der Waals surface area contributed by atoms with Crippen molar-refractivity contribution in [2.24, 2.45) is 0 Å². The number of carbonyl (C=O) groups is 2. The van der Waals surface area contributed by atoms with Crippen LogP contribution in [0, 0.1) is 16.4 Å². The lowest BCUT2D eigenvalue weighted by Gasteiger charge is -2.28.